The van der Waals surface area contributed by atoms with Crippen LogP contribution in [0.5, 0.6) is 0 Å². The van der Waals surface area contributed by atoms with Crippen LogP contribution in [0, 0.1) is 35.5 Å². The van der Waals surface area contributed by atoms with E-state index in [1.165, 1.54) is 38.6 Å². The molecule has 0 amide bonds. The molecule has 5 unspecified atom stereocenters. The van der Waals surface area contributed by atoms with Crippen LogP contribution in [0.1, 0.15) is 66.7 Å². The van der Waals surface area contributed by atoms with Crippen molar-refractivity contribution in [3.8, 4) is 0 Å². The molecule has 1 nitrogen and oxygen atoms in total. The van der Waals surface area contributed by atoms with Crippen LogP contribution in [0.15, 0.2) is 0 Å². The molecule has 0 radical (unpaired) electrons. The summed E-state index contributed by atoms with van der Waals surface area (Å²) in [6.45, 7) is 13.3. The lowest BCUT2D eigenvalue weighted by Gasteiger charge is -2.15. The summed E-state index contributed by atoms with van der Waals surface area (Å²) in [6, 6.07) is 0. The monoisotopic (exact) mass is 267 g/mol. The van der Waals surface area contributed by atoms with Crippen molar-refractivity contribution in [3.63, 3.8) is 0 Å². The number of hydrogen-bond acceptors (Lipinski definition) is 1. The van der Waals surface area contributed by atoms with Gasteiger partial charge >= 0.3 is 0 Å². The van der Waals surface area contributed by atoms with Crippen LogP contribution in [0.25, 0.3) is 0 Å². The molecule has 0 aromatic rings. The molecule has 0 aromatic heterocycles. The fraction of sp³-hybridized carbons (Fsp3) is 1.00. The zero-order valence-corrected chi connectivity index (χ0v) is 14.2. The van der Waals surface area contributed by atoms with E-state index in [1.54, 1.807) is 0 Å². The van der Waals surface area contributed by atoms with Crippen LogP contribution in [0.4, 0.5) is 0 Å². The Kier molecular flexibility index (Phi) is 7.42. The standard InChI is InChI=1S/C18H37N/c1-13(2)10-11-14(3)8-7-9-15(4)18-16(5)17(18)12-19-6/h13-19H,7-12H2,1-6H3. The quantitative estimate of drug-likeness (QED) is 0.589. The summed E-state index contributed by atoms with van der Waals surface area (Å²) in [4.78, 5) is 0. The Hall–Kier alpha value is -0.0400. The molecule has 1 fully saturated rings. The van der Waals surface area contributed by atoms with E-state index >= 15 is 0 Å². The van der Waals surface area contributed by atoms with Gasteiger partial charge in [0.25, 0.3) is 0 Å². The minimum Gasteiger partial charge on any atom is -0.319 e. The molecular weight excluding hydrogens is 230 g/mol. The average Bonchev–Trinajstić information content (AvgIpc) is 2.97. The van der Waals surface area contributed by atoms with Gasteiger partial charge in [-0.15, -0.1) is 0 Å². The fourth-order valence-electron chi connectivity index (χ4n) is 3.82. The van der Waals surface area contributed by atoms with Crippen LogP contribution >= 0.6 is 0 Å². The van der Waals surface area contributed by atoms with Crippen molar-refractivity contribution < 1.29 is 0 Å². The Labute approximate surface area is 121 Å². The molecule has 0 aliphatic heterocycles. The number of rotatable bonds is 10. The van der Waals surface area contributed by atoms with Gasteiger partial charge in [0.2, 0.25) is 0 Å². The Balaban J connectivity index is 2.09. The van der Waals surface area contributed by atoms with Crippen LogP contribution in [0.3, 0.4) is 0 Å². The highest BCUT2D eigenvalue weighted by Crippen LogP contribution is 2.51. The summed E-state index contributed by atoms with van der Waals surface area (Å²) in [5.41, 5.74) is 0. The van der Waals surface area contributed by atoms with Crippen molar-refractivity contribution >= 4 is 0 Å². The van der Waals surface area contributed by atoms with E-state index in [4.69, 9.17) is 0 Å². The van der Waals surface area contributed by atoms with Gasteiger partial charge in [-0.1, -0.05) is 66.7 Å². The third kappa shape index (κ3) is 5.85. The smallest absolute Gasteiger partial charge is 0.00180 e. The molecule has 0 aromatic carbocycles. The molecule has 0 saturated heterocycles. The number of hydrogen-bond donors (Lipinski definition) is 1. The van der Waals surface area contributed by atoms with E-state index < -0.39 is 0 Å². The van der Waals surface area contributed by atoms with Gasteiger partial charge in [-0.2, -0.15) is 0 Å². The first-order valence-electron chi connectivity index (χ1n) is 8.61. The lowest BCUT2D eigenvalue weighted by atomic mass is 9.91. The van der Waals surface area contributed by atoms with Crippen LogP contribution < -0.4 is 5.32 Å². The van der Waals surface area contributed by atoms with Crippen molar-refractivity contribution in [1.82, 2.24) is 5.32 Å². The van der Waals surface area contributed by atoms with Crippen LogP contribution in [0.2, 0.25) is 0 Å². The predicted octanol–water partition coefficient (Wildman–Crippen LogP) is 4.97. The third-order valence-electron chi connectivity index (χ3n) is 5.33. The van der Waals surface area contributed by atoms with Gasteiger partial charge in [0.15, 0.2) is 0 Å². The second-order valence-electron chi connectivity index (χ2n) is 7.64. The molecule has 0 bridgehead atoms. The van der Waals surface area contributed by atoms with Gasteiger partial charge in [-0.05, 0) is 49.1 Å². The lowest BCUT2D eigenvalue weighted by Crippen LogP contribution is -2.12. The Morgan fingerprint density at radius 3 is 2.21 bits per heavy atom. The van der Waals surface area contributed by atoms with Gasteiger partial charge in [-0.25, -0.2) is 0 Å². The van der Waals surface area contributed by atoms with Crippen molar-refractivity contribution in [2.75, 3.05) is 13.6 Å². The van der Waals surface area contributed by atoms with Crippen LogP contribution in [-0.4, -0.2) is 13.6 Å². The molecule has 114 valence electrons. The fourth-order valence-corrected chi connectivity index (χ4v) is 3.82. The molecular formula is C18H37N. The molecule has 1 heteroatoms. The zero-order valence-electron chi connectivity index (χ0n) is 14.2. The summed E-state index contributed by atoms with van der Waals surface area (Å²) in [5.74, 6) is 5.65. The minimum atomic E-state index is 0.871. The van der Waals surface area contributed by atoms with E-state index in [2.05, 4.69) is 47.0 Å². The first-order valence-corrected chi connectivity index (χ1v) is 8.61. The first-order chi connectivity index (χ1) is 8.97. The maximum atomic E-state index is 3.35. The summed E-state index contributed by atoms with van der Waals surface area (Å²) in [6.07, 6.45) is 7.15. The summed E-state index contributed by atoms with van der Waals surface area (Å²) in [5, 5.41) is 3.35. The summed E-state index contributed by atoms with van der Waals surface area (Å²) >= 11 is 0. The molecule has 1 rings (SSSR count). The van der Waals surface area contributed by atoms with Gasteiger partial charge in [0, 0.05) is 0 Å². The number of nitrogens with one attached hydrogen (secondary N) is 1. The van der Waals surface area contributed by atoms with Crippen LogP contribution in [-0.2, 0) is 0 Å². The predicted molar refractivity (Wildman–Crippen MR) is 86.3 cm³/mol. The summed E-state index contributed by atoms with van der Waals surface area (Å²) in [7, 11) is 2.09. The van der Waals surface area contributed by atoms with E-state index in [-0.39, 0.29) is 0 Å². The normalized spacial score (nSPS) is 29.5. The van der Waals surface area contributed by atoms with Crippen molar-refractivity contribution in [2.45, 2.75) is 66.7 Å². The highest BCUT2D eigenvalue weighted by molar-refractivity contribution is 4.97. The van der Waals surface area contributed by atoms with Gasteiger partial charge < -0.3 is 5.32 Å². The van der Waals surface area contributed by atoms with E-state index in [9.17, 15) is 0 Å². The molecule has 1 aliphatic rings. The topological polar surface area (TPSA) is 12.0 Å². The van der Waals surface area contributed by atoms with Crippen molar-refractivity contribution in [3.05, 3.63) is 0 Å². The molecule has 5 atom stereocenters. The third-order valence-corrected chi connectivity index (χ3v) is 5.33. The van der Waals surface area contributed by atoms with Gasteiger partial charge in [-0.3, -0.25) is 0 Å². The highest BCUT2D eigenvalue weighted by Gasteiger charge is 2.48. The molecule has 1 aliphatic carbocycles. The Bertz CT molecular complexity index is 236. The molecule has 0 spiro atoms. The SMILES string of the molecule is CNCC1C(C)C1C(C)CCCC(C)CCC(C)C. The lowest BCUT2D eigenvalue weighted by molar-refractivity contribution is 0.367. The molecule has 0 heterocycles. The minimum absolute atomic E-state index is 0.871. The Morgan fingerprint density at radius 2 is 1.63 bits per heavy atom. The zero-order chi connectivity index (χ0) is 14.4. The van der Waals surface area contributed by atoms with E-state index in [1.807, 2.05) is 0 Å². The molecule has 1 N–H and O–H groups in total. The van der Waals surface area contributed by atoms with Crippen molar-refractivity contribution in [1.29, 1.82) is 0 Å². The van der Waals surface area contributed by atoms with Gasteiger partial charge in [0.1, 0.15) is 0 Å². The molecule has 19 heavy (non-hydrogen) atoms. The maximum Gasteiger partial charge on any atom is -0.00180 e. The van der Waals surface area contributed by atoms with E-state index in [0.29, 0.717) is 0 Å². The first kappa shape index (κ1) is 17.0. The summed E-state index contributed by atoms with van der Waals surface area (Å²) < 4.78 is 0. The van der Waals surface area contributed by atoms with Gasteiger partial charge in [0.05, 0.1) is 0 Å². The average molecular weight is 268 g/mol. The van der Waals surface area contributed by atoms with Crippen molar-refractivity contribution in [2.24, 2.45) is 35.5 Å². The second-order valence-corrected chi connectivity index (χ2v) is 7.64. The Morgan fingerprint density at radius 1 is 0.947 bits per heavy atom. The highest BCUT2D eigenvalue weighted by atomic mass is 14.8. The largest absolute Gasteiger partial charge is 0.319 e. The maximum absolute atomic E-state index is 3.35. The van der Waals surface area contributed by atoms with E-state index in [0.717, 1.165) is 35.5 Å². The molecule has 1 saturated carbocycles. The second kappa shape index (κ2) is 8.29.